The summed E-state index contributed by atoms with van der Waals surface area (Å²) >= 11 is 0. The molecule has 17 heavy (non-hydrogen) atoms. The van der Waals surface area contributed by atoms with E-state index < -0.39 is 0 Å². The molecule has 1 atom stereocenters. The van der Waals surface area contributed by atoms with Crippen LogP contribution in [0.1, 0.15) is 11.6 Å². The predicted molar refractivity (Wildman–Crippen MR) is 72.6 cm³/mol. The van der Waals surface area contributed by atoms with E-state index in [-0.39, 0.29) is 18.4 Å². The van der Waals surface area contributed by atoms with Crippen molar-refractivity contribution in [1.29, 1.82) is 0 Å². The molecule has 2 rings (SSSR count). The molecule has 2 aromatic carbocycles. The Balaban J connectivity index is 0.00000144. The summed E-state index contributed by atoms with van der Waals surface area (Å²) in [5, 5.41) is 0. The summed E-state index contributed by atoms with van der Waals surface area (Å²) in [4.78, 5) is 0. The lowest BCUT2D eigenvalue weighted by Crippen LogP contribution is -2.18. The number of rotatable bonds is 4. The number of halogens is 1. The van der Waals surface area contributed by atoms with Gasteiger partial charge in [0.1, 0.15) is 12.4 Å². The number of hydrogen-bond donors (Lipinski definition) is 1. The number of para-hydroxylation sites is 1. The van der Waals surface area contributed by atoms with Gasteiger partial charge in [-0.2, -0.15) is 0 Å². The topological polar surface area (TPSA) is 35.2 Å². The summed E-state index contributed by atoms with van der Waals surface area (Å²) in [6, 6.07) is 19.6. The maximum absolute atomic E-state index is 6.02. The molecule has 0 saturated carbocycles. The van der Waals surface area contributed by atoms with Gasteiger partial charge in [-0.1, -0.05) is 48.5 Å². The first-order valence-corrected chi connectivity index (χ1v) is 5.34. The number of ether oxygens (including phenoxy) is 1. The second-order valence-corrected chi connectivity index (χ2v) is 3.64. The highest BCUT2D eigenvalue weighted by molar-refractivity contribution is 5.85. The fourth-order valence-electron chi connectivity index (χ4n) is 1.50. The Bertz CT molecular complexity index is 419. The molecule has 90 valence electrons. The van der Waals surface area contributed by atoms with E-state index in [1.165, 1.54) is 0 Å². The minimum atomic E-state index is -0.0820. The Labute approximate surface area is 108 Å². The molecule has 0 spiro atoms. The Morgan fingerprint density at radius 3 is 2.00 bits per heavy atom. The Kier molecular flexibility index (Phi) is 5.53. The Hall–Kier alpha value is -1.51. The molecule has 2 nitrogen and oxygen atoms in total. The van der Waals surface area contributed by atoms with Gasteiger partial charge in [0.2, 0.25) is 0 Å². The van der Waals surface area contributed by atoms with Gasteiger partial charge < -0.3 is 10.5 Å². The zero-order valence-corrected chi connectivity index (χ0v) is 10.3. The number of hydrogen-bond acceptors (Lipinski definition) is 2. The quantitative estimate of drug-likeness (QED) is 0.903. The number of benzene rings is 2. The summed E-state index contributed by atoms with van der Waals surface area (Å²) in [5.74, 6) is 0.855. The van der Waals surface area contributed by atoms with Gasteiger partial charge in [0.25, 0.3) is 0 Å². The molecule has 0 amide bonds. The van der Waals surface area contributed by atoms with E-state index in [0.717, 1.165) is 11.3 Å². The van der Waals surface area contributed by atoms with Crippen LogP contribution in [0.3, 0.4) is 0 Å². The highest BCUT2D eigenvalue weighted by Crippen LogP contribution is 2.13. The van der Waals surface area contributed by atoms with Crippen LogP contribution in [0.2, 0.25) is 0 Å². The Morgan fingerprint density at radius 1 is 0.882 bits per heavy atom. The van der Waals surface area contributed by atoms with Crippen LogP contribution < -0.4 is 10.5 Å². The first-order valence-electron chi connectivity index (χ1n) is 5.34. The van der Waals surface area contributed by atoms with Gasteiger partial charge in [0.05, 0.1) is 6.04 Å². The Morgan fingerprint density at radius 2 is 1.41 bits per heavy atom. The standard InChI is InChI=1S/C14H15NO.ClH/c15-14(12-7-3-1-4-8-12)11-16-13-9-5-2-6-10-13;/h1-10,14H,11,15H2;1H/t14-;/m0./s1. The summed E-state index contributed by atoms with van der Waals surface area (Å²) in [7, 11) is 0. The van der Waals surface area contributed by atoms with Gasteiger partial charge in [0.15, 0.2) is 0 Å². The van der Waals surface area contributed by atoms with Gasteiger partial charge in [-0.3, -0.25) is 0 Å². The van der Waals surface area contributed by atoms with E-state index in [0.29, 0.717) is 6.61 Å². The van der Waals surface area contributed by atoms with Crippen LogP contribution in [0.4, 0.5) is 0 Å². The molecule has 0 aliphatic carbocycles. The van der Waals surface area contributed by atoms with Crippen molar-refractivity contribution in [2.75, 3.05) is 6.61 Å². The van der Waals surface area contributed by atoms with Crippen molar-refractivity contribution in [3.8, 4) is 5.75 Å². The lowest BCUT2D eigenvalue weighted by Gasteiger charge is -2.13. The molecular formula is C14H16ClNO. The van der Waals surface area contributed by atoms with Crippen LogP contribution in [0, 0.1) is 0 Å². The molecule has 0 bridgehead atoms. The van der Waals surface area contributed by atoms with Crippen molar-refractivity contribution >= 4 is 12.4 Å². The third kappa shape index (κ3) is 4.10. The van der Waals surface area contributed by atoms with Crippen LogP contribution in [0.5, 0.6) is 5.75 Å². The van der Waals surface area contributed by atoms with Crippen LogP contribution >= 0.6 is 12.4 Å². The van der Waals surface area contributed by atoms with Crippen LogP contribution in [0.25, 0.3) is 0 Å². The second kappa shape index (κ2) is 6.94. The lowest BCUT2D eigenvalue weighted by molar-refractivity contribution is 0.290. The first kappa shape index (κ1) is 13.6. The van der Waals surface area contributed by atoms with E-state index in [9.17, 15) is 0 Å². The molecule has 0 saturated heterocycles. The van der Waals surface area contributed by atoms with E-state index in [1.54, 1.807) is 0 Å². The summed E-state index contributed by atoms with van der Waals surface area (Å²) < 4.78 is 5.60. The van der Waals surface area contributed by atoms with Crippen molar-refractivity contribution in [2.45, 2.75) is 6.04 Å². The lowest BCUT2D eigenvalue weighted by atomic mass is 10.1. The fourth-order valence-corrected chi connectivity index (χ4v) is 1.50. The maximum Gasteiger partial charge on any atom is 0.119 e. The molecule has 0 aromatic heterocycles. The molecule has 0 aliphatic rings. The molecule has 0 fully saturated rings. The first-order chi connectivity index (χ1) is 7.86. The van der Waals surface area contributed by atoms with E-state index in [4.69, 9.17) is 10.5 Å². The van der Waals surface area contributed by atoms with Gasteiger partial charge in [0, 0.05) is 0 Å². The average Bonchev–Trinajstić information content (AvgIpc) is 2.38. The van der Waals surface area contributed by atoms with Crippen molar-refractivity contribution in [3.05, 3.63) is 66.2 Å². The highest BCUT2D eigenvalue weighted by atomic mass is 35.5. The largest absolute Gasteiger partial charge is 0.492 e. The third-order valence-electron chi connectivity index (χ3n) is 2.40. The monoisotopic (exact) mass is 249 g/mol. The predicted octanol–water partition coefficient (Wildman–Crippen LogP) is 3.19. The van der Waals surface area contributed by atoms with Gasteiger partial charge in [-0.15, -0.1) is 12.4 Å². The minimum absolute atomic E-state index is 0. The van der Waals surface area contributed by atoms with Crippen LogP contribution in [-0.4, -0.2) is 6.61 Å². The van der Waals surface area contributed by atoms with Crippen molar-refractivity contribution in [3.63, 3.8) is 0 Å². The summed E-state index contributed by atoms with van der Waals surface area (Å²) in [5.41, 5.74) is 7.11. The summed E-state index contributed by atoms with van der Waals surface area (Å²) in [6.45, 7) is 0.494. The zero-order chi connectivity index (χ0) is 11.2. The normalized spacial score (nSPS) is 11.4. The molecule has 2 aromatic rings. The molecule has 2 N–H and O–H groups in total. The third-order valence-corrected chi connectivity index (χ3v) is 2.40. The fraction of sp³-hybridized carbons (Fsp3) is 0.143. The van der Waals surface area contributed by atoms with E-state index in [1.807, 2.05) is 60.7 Å². The van der Waals surface area contributed by atoms with Crippen molar-refractivity contribution in [1.82, 2.24) is 0 Å². The molecule has 0 radical (unpaired) electrons. The van der Waals surface area contributed by atoms with Crippen molar-refractivity contribution in [2.24, 2.45) is 5.73 Å². The second-order valence-electron chi connectivity index (χ2n) is 3.64. The SMILES string of the molecule is Cl.N[C@@H](COc1ccccc1)c1ccccc1. The smallest absolute Gasteiger partial charge is 0.119 e. The molecule has 0 unspecified atom stereocenters. The maximum atomic E-state index is 6.02. The molecule has 3 heteroatoms. The van der Waals surface area contributed by atoms with Crippen LogP contribution in [0.15, 0.2) is 60.7 Å². The molecule has 0 aliphatic heterocycles. The average molecular weight is 250 g/mol. The molecular weight excluding hydrogens is 234 g/mol. The van der Waals surface area contributed by atoms with Crippen molar-refractivity contribution < 1.29 is 4.74 Å². The van der Waals surface area contributed by atoms with Crippen LogP contribution in [-0.2, 0) is 0 Å². The van der Waals surface area contributed by atoms with Gasteiger partial charge in [-0.25, -0.2) is 0 Å². The highest BCUT2D eigenvalue weighted by Gasteiger charge is 2.05. The van der Waals surface area contributed by atoms with Gasteiger partial charge in [-0.05, 0) is 17.7 Å². The summed E-state index contributed by atoms with van der Waals surface area (Å²) in [6.07, 6.45) is 0. The van der Waals surface area contributed by atoms with Gasteiger partial charge >= 0.3 is 0 Å². The van der Waals surface area contributed by atoms with E-state index >= 15 is 0 Å². The van der Waals surface area contributed by atoms with E-state index in [2.05, 4.69) is 0 Å². The minimum Gasteiger partial charge on any atom is -0.492 e. The zero-order valence-electron chi connectivity index (χ0n) is 9.45. The molecule has 0 heterocycles. The number of nitrogens with two attached hydrogens (primary N) is 1.